The molecule has 2 rings (SSSR count). The Bertz CT molecular complexity index is 507. The molecule has 1 heterocycles. The minimum atomic E-state index is -0.862. The van der Waals surface area contributed by atoms with E-state index in [0.29, 0.717) is 24.6 Å². The van der Waals surface area contributed by atoms with Gasteiger partial charge < -0.3 is 9.64 Å². The van der Waals surface area contributed by atoms with E-state index < -0.39 is 10.8 Å². The minimum absolute atomic E-state index is 0.0472. The number of hydrogen-bond acceptors (Lipinski definition) is 4. The normalized spacial score (nSPS) is 20.2. The number of ether oxygens (including phenoxy) is 1. The van der Waals surface area contributed by atoms with Gasteiger partial charge in [0.1, 0.15) is 11.9 Å². The monoisotopic (exact) mass is 296 g/mol. The summed E-state index contributed by atoms with van der Waals surface area (Å²) in [5.41, 5.74) is 0.984. The van der Waals surface area contributed by atoms with Crippen molar-refractivity contribution in [1.29, 1.82) is 0 Å². The van der Waals surface area contributed by atoms with Crippen LogP contribution in [0.25, 0.3) is 0 Å². The zero-order valence-corrected chi connectivity index (χ0v) is 12.6. The number of nitrogens with zero attached hydrogens (tertiary/aromatic N) is 1. The van der Waals surface area contributed by atoms with Gasteiger partial charge in [0.05, 0.1) is 13.7 Å². The van der Waals surface area contributed by atoms with E-state index in [1.807, 2.05) is 31.2 Å². The number of nitrogens with one attached hydrogen (secondary N) is 1. The third kappa shape index (κ3) is 3.37. The van der Waals surface area contributed by atoms with Crippen molar-refractivity contribution < 1.29 is 13.7 Å². The average molecular weight is 296 g/mol. The van der Waals surface area contributed by atoms with Crippen molar-refractivity contribution in [1.82, 2.24) is 10.2 Å². The van der Waals surface area contributed by atoms with E-state index in [4.69, 9.17) is 4.74 Å². The molecule has 1 aromatic rings. The number of amides is 1. The van der Waals surface area contributed by atoms with E-state index in [-0.39, 0.29) is 12.1 Å². The largest absolute Gasteiger partial charge is 0.497 e. The lowest BCUT2D eigenvalue weighted by Crippen LogP contribution is -2.33. The maximum Gasteiger partial charge on any atom is 0.238 e. The molecule has 1 saturated heterocycles. The lowest BCUT2D eigenvalue weighted by molar-refractivity contribution is -0.127. The second kappa shape index (κ2) is 6.85. The highest BCUT2D eigenvalue weighted by molar-refractivity contribution is 7.84. The second-order valence-electron chi connectivity index (χ2n) is 4.58. The number of methoxy groups -OCH3 is 1. The molecule has 2 unspecified atom stereocenters. The summed E-state index contributed by atoms with van der Waals surface area (Å²) in [6.07, 6.45) is -0.161. The summed E-state index contributed by atoms with van der Waals surface area (Å²) in [7, 11) is 0.758. The van der Waals surface area contributed by atoms with Gasteiger partial charge in [-0.15, -0.1) is 0 Å². The van der Waals surface area contributed by atoms with Crippen LogP contribution in [0.2, 0.25) is 0 Å². The third-order valence-corrected chi connectivity index (χ3v) is 4.65. The van der Waals surface area contributed by atoms with Crippen LogP contribution in [-0.2, 0) is 15.6 Å². The fraction of sp³-hybridized carbons (Fsp3) is 0.500. The Morgan fingerprint density at radius 2 is 2.30 bits per heavy atom. The van der Waals surface area contributed by atoms with Gasteiger partial charge in [0, 0.05) is 28.9 Å². The van der Waals surface area contributed by atoms with Gasteiger partial charge in [0.15, 0.2) is 0 Å². The summed E-state index contributed by atoms with van der Waals surface area (Å²) in [4.78, 5) is 13.7. The zero-order valence-electron chi connectivity index (χ0n) is 11.8. The summed E-state index contributed by atoms with van der Waals surface area (Å²) in [6.45, 7) is 2.72. The van der Waals surface area contributed by atoms with E-state index in [1.54, 1.807) is 12.0 Å². The Balaban J connectivity index is 2.12. The Labute approximate surface area is 121 Å². The predicted octanol–water partition coefficient (Wildman–Crippen LogP) is 0.894. The smallest absolute Gasteiger partial charge is 0.238 e. The van der Waals surface area contributed by atoms with Crippen molar-refractivity contribution in [2.75, 3.05) is 31.7 Å². The number of rotatable bonds is 6. The molecule has 0 spiro atoms. The summed E-state index contributed by atoms with van der Waals surface area (Å²) in [5, 5.41) is 3.19. The molecule has 0 aromatic heterocycles. The fourth-order valence-corrected chi connectivity index (χ4v) is 2.94. The molecule has 1 amide bonds. The van der Waals surface area contributed by atoms with Gasteiger partial charge in [-0.2, -0.15) is 0 Å². The van der Waals surface area contributed by atoms with Crippen LogP contribution < -0.4 is 10.1 Å². The van der Waals surface area contributed by atoms with Gasteiger partial charge in [0.2, 0.25) is 5.91 Å². The molecule has 0 aliphatic carbocycles. The van der Waals surface area contributed by atoms with Crippen LogP contribution in [-0.4, -0.2) is 46.7 Å². The van der Waals surface area contributed by atoms with Crippen molar-refractivity contribution >= 4 is 16.7 Å². The first-order valence-corrected chi connectivity index (χ1v) is 8.16. The summed E-state index contributed by atoms with van der Waals surface area (Å²) < 4.78 is 16.8. The summed E-state index contributed by atoms with van der Waals surface area (Å²) >= 11 is 0. The van der Waals surface area contributed by atoms with E-state index in [2.05, 4.69) is 5.32 Å². The lowest BCUT2D eigenvalue weighted by Gasteiger charge is -2.24. The Kier molecular flexibility index (Phi) is 5.14. The van der Waals surface area contributed by atoms with Crippen LogP contribution in [0, 0.1) is 0 Å². The molecular formula is C14H20N2O3S. The molecule has 0 radical (unpaired) electrons. The molecule has 1 aromatic carbocycles. The molecule has 5 nitrogen and oxygen atoms in total. The van der Waals surface area contributed by atoms with Gasteiger partial charge in [0.25, 0.3) is 0 Å². The molecule has 6 heteroatoms. The van der Waals surface area contributed by atoms with Crippen LogP contribution in [0.15, 0.2) is 24.3 Å². The van der Waals surface area contributed by atoms with Gasteiger partial charge in [-0.05, 0) is 17.7 Å². The zero-order chi connectivity index (χ0) is 14.5. The van der Waals surface area contributed by atoms with Crippen molar-refractivity contribution in [2.45, 2.75) is 13.1 Å². The quantitative estimate of drug-likeness (QED) is 0.847. The van der Waals surface area contributed by atoms with E-state index >= 15 is 0 Å². The molecule has 0 saturated carbocycles. The maximum atomic E-state index is 11.9. The van der Waals surface area contributed by atoms with E-state index in [1.165, 1.54) is 0 Å². The van der Waals surface area contributed by atoms with Crippen LogP contribution >= 0.6 is 0 Å². The van der Waals surface area contributed by atoms with Gasteiger partial charge in [-0.1, -0.05) is 19.1 Å². The van der Waals surface area contributed by atoms with Crippen LogP contribution in [0.4, 0.5) is 0 Å². The van der Waals surface area contributed by atoms with Crippen LogP contribution in [0.5, 0.6) is 5.75 Å². The standard InChI is InChI=1S/C14H20N2O3S/c1-3-20(18)8-7-16-13(17)10-15-14(16)11-5-4-6-12(9-11)19-2/h4-6,9,14-15H,3,7-8,10H2,1-2H3. The van der Waals surface area contributed by atoms with Gasteiger partial charge in [-0.3, -0.25) is 14.3 Å². The molecule has 20 heavy (non-hydrogen) atoms. The molecule has 1 aliphatic heterocycles. The van der Waals surface area contributed by atoms with E-state index in [0.717, 1.165) is 11.3 Å². The van der Waals surface area contributed by atoms with E-state index in [9.17, 15) is 9.00 Å². The topological polar surface area (TPSA) is 58.6 Å². The fourth-order valence-electron chi connectivity index (χ4n) is 2.25. The van der Waals surface area contributed by atoms with Crippen LogP contribution in [0.1, 0.15) is 18.7 Å². The SMILES string of the molecule is CCS(=O)CCN1C(=O)CNC1c1cccc(OC)c1. The van der Waals surface area contributed by atoms with Gasteiger partial charge >= 0.3 is 0 Å². The highest BCUT2D eigenvalue weighted by Crippen LogP contribution is 2.25. The predicted molar refractivity (Wildman–Crippen MR) is 79.0 cm³/mol. The number of benzene rings is 1. The lowest BCUT2D eigenvalue weighted by atomic mass is 10.1. The van der Waals surface area contributed by atoms with Crippen LogP contribution in [0.3, 0.4) is 0 Å². The molecule has 110 valence electrons. The Hall–Kier alpha value is -1.40. The number of hydrogen-bond donors (Lipinski definition) is 1. The first kappa shape index (κ1) is 15.0. The van der Waals surface area contributed by atoms with Crippen molar-refractivity contribution in [2.24, 2.45) is 0 Å². The van der Waals surface area contributed by atoms with Crippen molar-refractivity contribution in [3.8, 4) is 5.75 Å². The van der Waals surface area contributed by atoms with Crippen molar-refractivity contribution in [3.63, 3.8) is 0 Å². The molecular weight excluding hydrogens is 276 g/mol. The molecule has 1 fully saturated rings. The molecule has 0 bridgehead atoms. The average Bonchev–Trinajstić information content (AvgIpc) is 2.85. The maximum absolute atomic E-state index is 11.9. The van der Waals surface area contributed by atoms with Gasteiger partial charge in [-0.25, -0.2) is 0 Å². The minimum Gasteiger partial charge on any atom is -0.497 e. The summed E-state index contributed by atoms with van der Waals surface area (Å²) in [6, 6.07) is 7.65. The molecule has 1 aliphatic rings. The number of carbonyl (C=O) groups is 1. The van der Waals surface area contributed by atoms with Crippen molar-refractivity contribution in [3.05, 3.63) is 29.8 Å². The first-order valence-electron chi connectivity index (χ1n) is 6.67. The molecule has 2 atom stereocenters. The third-order valence-electron chi connectivity index (χ3n) is 3.37. The summed E-state index contributed by atoms with van der Waals surface area (Å²) in [5.74, 6) is 1.95. The Morgan fingerprint density at radius 3 is 3.00 bits per heavy atom. The molecule has 1 N–H and O–H groups in total. The first-order chi connectivity index (χ1) is 9.65. The number of carbonyl (C=O) groups excluding carboxylic acids is 1. The Morgan fingerprint density at radius 1 is 1.50 bits per heavy atom. The highest BCUT2D eigenvalue weighted by Gasteiger charge is 2.31. The second-order valence-corrected chi connectivity index (χ2v) is 6.45. The highest BCUT2D eigenvalue weighted by atomic mass is 32.2.